The van der Waals surface area contributed by atoms with Crippen LogP contribution in [-0.4, -0.2) is 13.2 Å². The van der Waals surface area contributed by atoms with Gasteiger partial charge in [-0.25, -0.2) is 0 Å². The van der Waals surface area contributed by atoms with E-state index in [1.807, 2.05) is 0 Å². The second-order valence-corrected chi connectivity index (χ2v) is 10.7. The van der Waals surface area contributed by atoms with Crippen LogP contribution in [0.4, 0.5) is 0 Å². The van der Waals surface area contributed by atoms with Crippen LogP contribution < -0.4 is 4.89 Å². The SMILES string of the molecule is CCCCC(CC)COP(=O)([O-])OCC(CC)CCCC.CCCCC[CH2][Nd+]. The number of rotatable bonds is 18. The molecule has 0 amide bonds. The van der Waals surface area contributed by atoms with Crippen molar-refractivity contribution < 1.29 is 57.3 Å². The molecule has 4 nitrogen and oxygen atoms in total. The molecule has 0 aromatic rings. The standard InChI is InChI=1S/C16H35O4P.C6H13.Nd/c1-5-9-11-15(7-3)13-19-21(17,18)20-14-16(8-4)12-10-6-2;1-3-5-6-4-2;/h15-16H,5-14H2,1-4H3,(H,17,18);1,3-6H2,2H3;/q;;+1/p-1. The van der Waals surface area contributed by atoms with Crippen LogP contribution in [0.2, 0.25) is 2.07 Å². The van der Waals surface area contributed by atoms with Gasteiger partial charge in [-0.15, -0.1) is 0 Å². The van der Waals surface area contributed by atoms with Gasteiger partial charge in [0.25, 0.3) is 7.82 Å². The molecule has 0 bridgehead atoms. The first-order valence-electron chi connectivity index (χ1n) is 11.6. The summed E-state index contributed by atoms with van der Waals surface area (Å²) in [6.07, 6.45) is 14.2. The van der Waals surface area contributed by atoms with Crippen molar-refractivity contribution in [3.8, 4) is 0 Å². The Morgan fingerprint density at radius 1 is 0.750 bits per heavy atom. The molecule has 0 spiro atoms. The Kier molecular flexibility index (Phi) is 26.1. The van der Waals surface area contributed by atoms with Gasteiger partial charge in [0.2, 0.25) is 0 Å². The molecule has 0 aromatic carbocycles. The zero-order valence-corrected chi connectivity index (χ0v) is 23.4. The third kappa shape index (κ3) is 22.2. The molecule has 0 aliphatic heterocycles. The predicted octanol–water partition coefficient (Wildman–Crippen LogP) is 7.46. The van der Waals surface area contributed by atoms with E-state index in [0.29, 0.717) is 11.8 Å². The van der Waals surface area contributed by atoms with Crippen LogP contribution in [0.5, 0.6) is 0 Å². The third-order valence-electron chi connectivity index (χ3n) is 5.05. The molecule has 0 aliphatic carbocycles. The number of phosphoric acid groups is 1. The van der Waals surface area contributed by atoms with E-state index in [9.17, 15) is 9.46 Å². The van der Waals surface area contributed by atoms with Crippen molar-refractivity contribution in [1.82, 2.24) is 0 Å². The second kappa shape index (κ2) is 23.1. The van der Waals surface area contributed by atoms with Gasteiger partial charge in [-0.1, -0.05) is 66.2 Å². The molecule has 0 rings (SSSR count). The predicted molar refractivity (Wildman–Crippen MR) is 115 cm³/mol. The molecule has 168 valence electrons. The zero-order valence-electron chi connectivity index (χ0n) is 19.3. The number of hydrogen-bond acceptors (Lipinski definition) is 4. The van der Waals surface area contributed by atoms with Crippen molar-refractivity contribution in [3.63, 3.8) is 0 Å². The third-order valence-corrected chi connectivity index (χ3v) is 7.12. The van der Waals surface area contributed by atoms with Crippen LogP contribution in [0, 0.1) is 50.6 Å². The van der Waals surface area contributed by atoms with E-state index in [0.717, 1.165) is 51.4 Å². The van der Waals surface area contributed by atoms with Crippen LogP contribution in [0.15, 0.2) is 0 Å². The molecule has 0 radical (unpaired) electrons. The van der Waals surface area contributed by atoms with Gasteiger partial charge < -0.3 is 13.9 Å². The molecular weight excluding hydrogens is 503 g/mol. The number of hydrogen-bond donors (Lipinski definition) is 0. The zero-order chi connectivity index (χ0) is 21.7. The topological polar surface area (TPSA) is 58.6 Å². The van der Waals surface area contributed by atoms with Crippen molar-refractivity contribution in [2.24, 2.45) is 11.8 Å². The molecule has 0 aliphatic rings. The van der Waals surface area contributed by atoms with Gasteiger partial charge in [0.15, 0.2) is 0 Å². The summed E-state index contributed by atoms with van der Waals surface area (Å²) in [5.74, 6) is 0.607. The summed E-state index contributed by atoms with van der Waals surface area (Å²) in [6, 6.07) is 0. The first-order chi connectivity index (χ1) is 13.4. The van der Waals surface area contributed by atoms with Gasteiger partial charge in [0.05, 0.1) is 13.2 Å². The quantitative estimate of drug-likeness (QED) is 0.131. The summed E-state index contributed by atoms with van der Waals surface area (Å²) in [5, 5.41) is 0. The molecule has 0 saturated heterocycles. The fourth-order valence-corrected chi connectivity index (χ4v) is 4.44. The maximum absolute atomic E-state index is 11.8. The molecule has 2 unspecified atom stereocenters. The van der Waals surface area contributed by atoms with Crippen LogP contribution in [-0.2, 0) is 13.6 Å². The van der Waals surface area contributed by atoms with Crippen LogP contribution in [0.1, 0.15) is 112 Å². The van der Waals surface area contributed by atoms with E-state index in [4.69, 9.17) is 9.05 Å². The second-order valence-electron chi connectivity index (χ2n) is 7.68. The van der Waals surface area contributed by atoms with E-state index in [2.05, 4.69) is 34.6 Å². The van der Waals surface area contributed by atoms with Gasteiger partial charge in [-0.05, 0) is 24.7 Å². The molecular formula is C22H47NdO4P. The van der Waals surface area contributed by atoms with Crippen LogP contribution in [0.25, 0.3) is 0 Å². The summed E-state index contributed by atoms with van der Waals surface area (Å²) in [6.45, 7) is 11.2. The fourth-order valence-electron chi connectivity index (χ4n) is 2.78. The monoisotopic (exact) mass is 548 g/mol. The summed E-state index contributed by atoms with van der Waals surface area (Å²) in [4.78, 5) is 11.8. The first-order valence-corrected chi connectivity index (χ1v) is 15.4. The molecule has 6 heteroatoms. The average molecular weight is 551 g/mol. The molecule has 0 N–H and O–H groups in total. The van der Waals surface area contributed by atoms with Gasteiger partial charge >= 0.3 is 73.5 Å². The number of phosphoric ester groups is 1. The van der Waals surface area contributed by atoms with Crippen molar-refractivity contribution in [2.75, 3.05) is 13.2 Å². The van der Waals surface area contributed by atoms with Crippen molar-refractivity contribution in [2.45, 2.75) is 114 Å². The summed E-state index contributed by atoms with van der Waals surface area (Å²) in [7, 11) is -4.14. The first kappa shape index (κ1) is 31.6. The van der Waals surface area contributed by atoms with Crippen LogP contribution in [0.3, 0.4) is 0 Å². The Balaban J connectivity index is 0. The number of unbranched alkanes of at least 4 members (excludes halogenated alkanes) is 5. The van der Waals surface area contributed by atoms with E-state index >= 15 is 0 Å². The average Bonchev–Trinajstić information content (AvgIpc) is 2.69. The molecule has 0 aromatic heterocycles. The summed E-state index contributed by atoms with van der Waals surface area (Å²) >= 11 is 1.41. The fraction of sp³-hybridized carbons (Fsp3) is 1.00. The Hall–Kier alpha value is 1.46. The van der Waals surface area contributed by atoms with Gasteiger partial charge in [0.1, 0.15) is 0 Å². The van der Waals surface area contributed by atoms with E-state index in [1.165, 1.54) is 66.5 Å². The molecule has 28 heavy (non-hydrogen) atoms. The van der Waals surface area contributed by atoms with E-state index < -0.39 is 7.82 Å². The van der Waals surface area contributed by atoms with Gasteiger partial charge in [0, 0.05) is 0 Å². The van der Waals surface area contributed by atoms with E-state index in [1.54, 1.807) is 0 Å². The summed E-state index contributed by atoms with van der Waals surface area (Å²) in [5.41, 5.74) is 0. The molecule has 2 atom stereocenters. The van der Waals surface area contributed by atoms with Gasteiger partial charge in [-0.3, -0.25) is 4.57 Å². The maximum atomic E-state index is 11.8. The normalized spacial score (nSPS) is 15.3. The molecule has 0 heterocycles. The minimum atomic E-state index is -4.14. The van der Waals surface area contributed by atoms with E-state index in [-0.39, 0.29) is 13.2 Å². The molecule has 0 fully saturated rings. The Labute approximate surface area is 202 Å². The van der Waals surface area contributed by atoms with Gasteiger partial charge in [-0.2, -0.15) is 0 Å². The van der Waals surface area contributed by atoms with Crippen molar-refractivity contribution >= 4 is 7.82 Å². The summed E-state index contributed by atoms with van der Waals surface area (Å²) < 4.78 is 23.4. The van der Waals surface area contributed by atoms with Crippen LogP contribution >= 0.6 is 7.82 Å². The Morgan fingerprint density at radius 3 is 1.50 bits per heavy atom. The van der Waals surface area contributed by atoms with Crippen molar-refractivity contribution in [3.05, 3.63) is 0 Å². The Bertz CT molecular complexity index is 327. The Morgan fingerprint density at radius 2 is 1.18 bits per heavy atom. The van der Waals surface area contributed by atoms with Crippen molar-refractivity contribution in [1.29, 1.82) is 0 Å². The molecule has 0 saturated carbocycles. The minimum absolute atomic E-state index is 0.253.